The molecule has 0 aromatic heterocycles. The van der Waals surface area contributed by atoms with Gasteiger partial charge in [-0.1, -0.05) is 13.3 Å². The van der Waals surface area contributed by atoms with Crippen LogP contribution in [0.25, 0.3) is 0 Å². The Hall–Kier alpha value is -0.990. The average molecular weight is 172 g/mol. The molecule has 0 radical (unpaired) electrons. The van der Waals surface area contributed by atoms with E-state index in [0.717, 1.165) is 12.8 Å². The molecule has 0 aromatic rings. The van der Waals surface area contributed by atoms with Crippen LogP contribution in [0.4, 0.5) is 0 Å². The molecule has 0 saturated carbocycles. The highest BCUT2D eigenvalue weighted by Gasteiger charge is 2.07. The first-order valence-electron chi connectivity index (χ1n) is 4.13. The monoisotopic (exact) mass is 172 g/mol. The Morgan fingerprint density at radius 2 is 2.00 bits per heavy atom. The van der Waals surface area contributed by atoms with Crippen molar-refractivity contribution < 1.29 is 14.6 Å². The molecule has 0 heterocycles. The molecule has 0 amide bonds. The Morgan fingerprint density at radius 3 is 2.42 bits per heavy atom. The maximum absolute atomic E-state index is 11.0. The minimum atomic E-state index is -0.427. The van der Waals surface area contributed by atoms with E-state index in [4.69, 9.17) is 9.84 Å². The molecule has 0 aromatic carbocycles. The third-order valence-corrected chi connectivity index (χ3v) is 1.58. The zero-order chi connectivity index (χ0) is 9.56. The van der Waals surface area contributed by atoms with Gasteiger partial charge in [0.15, 0.2) is 0 Å². The van der Waals surface area contributed by atoms with Gasteiger partial charge in [-0.15, -0.1) is 0 Å². The molecule has 3 heteroatoms. The lowest BCUT2D eigenvalue weighted by Crippen LogP contribution is -2.08. The fourth-order valence-corrected chi connectivity index (χ4v) is 0.565. The number of carbonyl (C=O) groups is 1. The molecule has 0 spiro atoms. The standard InChI is InChI=1S/C9H16O3/c1-4-5-6-12-9(11)7(2)8(3)10/h10H,4-6H2,1-3H3. The van der Waals surface area contributed by atoms with Crippen molar-refractivity contribution >= 4 is 5.97 Å². The van der Waals surface area contributed by atoms with Crippen LogP contribution in [-0.4, -0.2) is 17.7 Å². The van der Waals surface area contributed by atoms with Crippen LogP contribution >= 0.6 is 0 Å². The van der Waals surface area contributed by atoms with Crippen LogP contribution in [0.5, 0.6) is 0 Å². The van der Waals surface area contributed by atoms with Crippen LogP contribution in [0.1, 0.15) is 33.6 Å². The fourth-order valence-electron chi connectivity index (χ4n) is 0.565. The molecule has 0 bridgehead atoms. The molecule has 12 heavy (non-hydrogen) atoms. The molecule has 0 rings (SSSR count). The highest BCUT2D eigenvalue weighted by molar-refractivity contribution is 5.88. The molecule has 0 aliphatic rings. The number of allylic oxidation sites excluding steroid dienone is 1. The van der Waals surface area contributed by atoms with Crippen molar-refractivity contribution in [2.75, 3.05) is 6.61 Å². The summed E-state index contributed by atoms with van der Waals surface area (Å²) in [5.74, 6) is -0.403. The summed E-state index contributed by atoms with van der Waals surface area (Å²) in [6.45, 7) is 5.47. The molecule has 3 nitrogen and oxygen atoms in total. The van der Waals surface area contributed by atoms with Gasteiger partial charge in [-0.3, -0.25) is 0 Å². The highest BCUT2D eigenvalue weighted by Crippen LogP contribution is 2.02. The van der Waals surface area contributed by atoms with Gasteiger partial charge in [-0.05, 0) is 20.3 Å². The second-order valence-electron chi connectivity index (χ2n) is 2.70. The van der Waals surface area contributed by atoms with Crippen LogP contribution in [0.2, 0.25) is 0 Å². The largest absolute Gasteiger partial charge is 0.512 e. The number of aliphatic hydroxyl groups is 1. The van der Waals surface area contributed by atoms with E-state index < -0.39 is 5.97 Å². The molecular formula is C9H16O3. The lowest BCUT2D eigenvalue weighted by atomic mass is 10.3. The summed E-state index contributed by atoms with van der Waals surface area (Å²) in [7, 11) is 0. The van der Waals surface area contributed by atoms with E-state index in [1.165, 1.54) is 6.92 Å². The van der Waals surface area contributed by atoms with Crippen molar-refractivity contribution in [3.63, 3.8) is 0 Å². The van der Waals surface area contributed by atoms with Gasteiger partial charge in [0.1, 0.15) is 0 Å². The lowest BCUT2D eigenvalue weighted by molar-refractivity contribution is -0.139. The van der Waals surface area contributed by atoms with E-state index in [0.29, 0.717) is 6.61 Å². The predicted octanol–water partition coefficient (Wildman–Crippen LogP) is 2.18. The number of hydrogen-bond donors (Lipinski definition) is 1. The summed E-state index contributed by atoms with van der Waals surface area (Å²) >= 11 is 0. The number of ether oxygens (including phenoxy) is 1. The van der Waals surface area contributed by atoms with Crippen LogP contribution in [-0.2, 0) is 9.53 Å². The highest BCUT2D eigenvalue weighted by atomic mass is 16.5. The minimum absolute atomic E-state index is 0.0245. The SMILES string of the molecule is CCCCOC(=O)C(C)=C(C)O. The minimum Gasteiger partial charge on any atom is -0.512 e. The van der Waals surface area contributed by atoms with E-state index in [-0.39, 0.29) is 11.3 Å². The Bertz CT molecular complexity index is 178. The van der Waals surface area contributed by atoms with E-state index in [1.54, 1.807) is 6.92 Å². The van der Waals surface area contributed by atoms with Gasteiger partial charge in [0.05, 0.1) is 17.9 Å². The Labute approximate surface area is 73.0 Å². The van der Waals surface area contributed by atoms with Crippen molar-refractivity contribution in [1.29, 1.82) is 0 Å². The molecular weight excluding hydrogens is 156 g/mol. The van der Waals surface area contributed by atoms with E-state index >= 15 is 0 Å². The molecule has 70 valence electrons. The van der Waals surface area contributed by atoms with E-state index in [1.807, 2.05) is 6.92 Å². The van der Waals surface area contributed by atoms with Gasteiger partial charge in [0, 0.05) is 0 Å². The fraction of sp³-hybridized carbons (Fsp3) is 0.667. The van der Waals surface area contributed by atoms with Crippen molar-refractivity contribution in [2.24, 2.45) is 0 Å². The normalized spacial score (nSPS) is 12.2. The second kappa shape index (κ2) is 5.63. The molecule has 0 fully saturated rings. The summed E-state index contributed by atoms with van der Waals surface area (Å²) in [6, 6.07) is 0. The summed E-state index contributed by atoms with van der Waals surface area (Å²) in [5.41, 5.74) is 0.283. The van der Waals surface area contributed by atoms with Crippen molar-refractivity contribution in [3.8, 4) is 0 Å². The van der Waals surface area contributed by atoms with Gasteiger partial charge < -0.3 is 9.84 Å². The summed E-state index contributed by atoms with van der Waals surface area (Å²) < 4.78 is 4.85. The first-order valence-corrected chi connectivity index (χ1v) is 4.13. The van der Waals surface area contributed by atoms with Crippen molar-refractivity contribution in [1.82, 2.24) is 0 Å². The second-order valence-corrected chi connectivity index (χ2v) is 2.70. The van der Waals surface area contributed by atoms with E-state index in [9.17, 15) is 4.79 Å². The van der Waals surface area contributed by atoms with Gasteiger partial charge in [-0.2, -0.15) is 0 Å². The maximum atomic E-state index is 11.0. The third-order valence-electron chi connectivity index (χ3n) is 1.58. The first-order chi connectivity index (χ1) is 5.59. The number of carbonyl (C=O) groups excluding carboxylic acids is 1. The third kappa shape index (κ3) is 4.01. The molecule has 0 aliphatic carbocycles. The Balaban J connectivity index is 3.81. The number of aliphatic hydroxyl groups excluding tert-OH is 1. The molecule has 0 unspecified atom stereocenters. The topological polar surface area (TPSA) is 46.5 Å². The van der Waals surface area contributed by atoms with Crippen molar-refractivity contribution in [2.45, 2.75) is 33.6 Å². The zero-order valence-corrected chi connectivity index (χ0v) is 7.89. The quantitative estimate of drug-likeness (QED) is 0.306. The van der Waals surface area contributed by atoms with E-state index in [2.05, 4.69) is 0 Å². The van der Waals surface area contributed by atoms with Gasteiger partial charge in [0.25, 0.3) is 0 Å². The summed E-state index contributed by atoms with van der Waals surface area (Å²) in [5, 5.41) is 8.93. The number of esters is 1. The Morgan fingerprint density at radius 1 is 1.42 bits per heavy atom. The summed E-state index contributed by atoms with van der Waals surface area (Å²) in [4.78, 5) is 11.0. The van der Waals surface area contributed by atoms with Gasteiger partial charge in [-0.25, -0.2) is 4.79 Å². The smallest absolute Gasteiger partial charge is 0.337 e. The van der Waals surface area contributed by atoms with Crippen LogP contribution < -0.4 is 0 Å². The number of rotatable bonds is 4. The van der Waals surface area contributed by atoms with Gasteiger partial charge in [0.2, 0.25) is 0 Å². The van der Waals surface area contributed by atoms with Crippen LogP contribution in [0.15, 0.2) is 11.3 Å². The van der Waals surface area contributed by atoms with Crippen molar-refractivity contribution in [3.05, 3.63) is 11.3 Å². The molecule has 1 N–H and O–H groups in total. The summed E-state index contributed by atoms with van der Waals surface area (Å²) in [6.07, 6.45) is 1.86. The lowest BCUT2D eigenvalue weighted by Gasteiger charge is -2.03. The Kier molecular flexibility index (Phi) is 5.17. The van der Waals surface area contributed by atoms with Gasteiger partial charge >= 0.3 is 5.97 Å². The maximum Gasteiger partial charge on any atom is 0.337 e. The molecule has 0 saturated heterocycles. The van der Waals surface area contributed by atoms with Crippen LogP contribution in [0.3, 0.4) is 0 Å². The average Bonchev–Trinajstić information content (AvgIpc) is 2.03. The zero-order valence-electron chi connectivity index (χ0n) is 7.89. The molecule has 0 aliphatic heterocycles. The molecule has 0 atom stereocenters. The number of hydrogen-bond acceptors (Lipinski definition) is 3. The number of unbranched alkanes of at least 4 members (excludes halogenated alkanes) is 1. The first kappa shape index (κ1) is 11.0. The van der Waals surface area contributed by atoms with Crippen LogP contribution in [0, 0.1) is 0 Å². The predicted molar refractivity (Wildman–Crippen MR) is 46.9 cm³/mol.